The first-order valence-electron chi connectivity index (χ1n) is 4.40. The van der Waals surface area contributed by atoms with E-state index >= 15 is 0 Å². The molecule has 4 nitrogen and oxygen atoms in total. The predicted molar refractivity (Wildman–Crippen MR) is 58.7 cm³/mol. The molecule has 0 aromatic rings. The van der Waals surface area contributed by atoms with Crippen molar-refractivity contribution in [3.8, 4) is 0 Å². The van der Waals surface area contributed by atoms with Gasteiger partial charge in [-0.2, -0.15) is 5.10 Å². The molecule has 1 rings (SSSR count). The van der Waals surface area contributed by atoms with E-state index in [-0.39, 0.29) is 5.11 Å². The Hall–Kier alpha value is -0.680. The normalized spacial score (nSPS) is 27.5. The lowest BCUT2D eigenvalue weighted by Gasteiger charge is -2.30. The van der Waals surface area contributed by atoms with Crippen LogP contribution in [-0.4, -0.2) is 35.4 Å². The van der Waals surface area contributed by atoms with Crippen LogP contribution in [0.5, 0.6) is 0 Å². The number of likely N-dealkylation sites (tertiary alicyclic amines) is 1. The summed E-state index contributed by atoms with van der Waals surface area (Å²) < 4.78 is 0. The Bertz CT molecular complexity index is 226. The van der Waals surface area contributed by atoms with Crippen LogP contribution in [-0.2, 0) is 0 Å². The van der Waals surface area contributed by atoms with Gasteiger partial charge in [-0.1, -0.05) is 0 Å². The standard InChI is InChI=1S/C8H16N4S/c1-6-5-7(3-4-12(6)2)10-11-8(9)13/h6H,3-5H2,1-2H3,(H3,9,11,13)/b10-7-. The first kappa shape index (κ1) is 10.4. The zero-order valence-electron chi connectivity index (χ0n) is 8.08. The lowest BCUT2D eigenvalue weighted by atomic mass is 10.0. The second kappa shape index (κ2) is 4.53. The number of thiocarbonyl (C=S) groups is 1. The molecule has 5 heteroatoms. The van der Waals surface area contributed by atoms with E-state index in [1.54, 1.807) is 0 Å². The molecular weight excluding hydrogens is 184 g/mol. The predicted octanol–water partition coefficient (Wildman–Crippen LogP) is 0.290. The van der Waals surface area contributed by atoms with E-state index in [2.05, 4.69) is 41.6 Å². The molecule has 0 saturated carbocycles. The van der Waals surface area contributed by atoms with Crippen LogP contribution in [0.4, 0.5) is 0 Å². The van der Waals surface area contributed by atoms with Gasteiger partial charge in [-0.25, -0.2) is 0 Å². The SMILES string of the molecule is CC1C/C(=N\NC(N)=S)CCN1C. The van der Waals surface area contributed by atoms with Crippen LogP contribution in [0.3, 0.4) is 0 Å². The van der Waals surface area contributed by atoms with Crippen molar-refractivity contribution < 1.29 is 0 Å². The third kappa shape index (κ3) is 3.28. The lowest BCUT2D eigenvalue weighted by molar-refractivity contribution is 0.252. The number of nitrogens with zero attached hydrogens (tertiary/aromatic N) is 2. The van der Waals surface area contributed by atoms with Gasteiger partial charge in [-0.05, 0) is 26.2 Å². The molecule has 74 valence electrons. The zero-order chi connectivity index (χ0) is 9.84. The van der Waals surface area contributed by atoms with Crippen molar-refractivity contribution in [3.05, 3.63) is 0 Å². The highest BCUT2D eigenvalue weighted by molar-refractivity contribution is 7.80. The third-order valence-electron chi connectivity index (χ3n) is 2.36. The van der Waals surface area contributed by atoms with Crippen molar-refractivity contribution in [2.75, 3.05) is 13.6 Å². The molecule has 3 N–H and O–H groups in total. The van der Waals surface area contributed by atoms with Crippen LogP contribution in [0.1, 0.15) is 19.8 Å². The van der Waals surface area contributed by atoms with Gasteiger partial charge >= 0.3 is 0 Å². The highest BCUT2D eigenvalue weighted by Gasteiger charge is 2.18. The summed E-state index contributed by atoms with van der Waals surface area (Å²) in [4.78, 5) is 2.32. The van der Waals surface area contributed by atoms with Gasteiger partial charge in [-0.3, -0.25) is 5.43 Å². The molecule has 1 unspecified atom stereocenters. The summed E-state index contributed by atoms with van der Waals surface area (Å²) in [6.45, 7) is 3.24. The number of nitrogens with one attached hydrogen (secondary N) is 1. The summed E-state index contributed by atoms with van der Waals surface area (Å²) in [6, 6.07) is 0.556. The number of hydrogen-bond donors (Lipinski definition) is 2. The molecule has 13 heavy (non-hydrogen) atoms. The van der Waals surface area contributed by atoms with E-state index < -0.39 is 0 Å². The highest BCUT2D eigenvalue weighted by atomic mass is 32.1. The maximum atomic E-state index is 5.27. The highest BCUT2D eigenvalue weighted by Crippen LogP contribution is 2.11. The Labute approximate surface area is 84.2 Å². The van der Waals surface area contributed by atoms with Crippen LogP contribution in [0.2, 0.25) is 0 Å². The van der Waals surface area contributed by atoms with Crippen LogP contribution >= 0.6 is 12.2 Å². The second-order valence-corrected chi connectivity index (χ2v) is 3.88. The van der Waals surface area contributed by atoms with E-state index in [4.69, 9.17) is 5.73 Å². The van der Waals surface area contributed by atoms with E-state index in [0.29, 0.717) is 6.04 Å². The van der Waals surface area contributed by atoms with Crippen LogP contribution < -0.4 is 11.2 Å². The Kier molecular flexibility index (Phi) is 3.62. The number of rotatable bonds is 1. The van der Waals surface area contributed by atoms with Crippen molar-refractivity contribution in [2.24, 2.45) is 10.8 Å². The van der Waals surface area contributed by atoms with E-state index in [0.717, 1.165) is 25.1 Å². The van der Waals surface area contributed by atoms with E-state index in [1.807, 2.05) is 0 Å². The molecule has 0 spiro atoms. The van der Waals surface area contributed by atoms with Crippen molar-refractivity contribution in [1.82, 2.24) is 10.3 Å². The molecule has 0 aromatic heterocycles. The fourth-order valence-electron chi connectivity index (χ4n) is 1.36. The number of piperidine rings is 1. The number of hydrogen-bond acceptors (Lipinski definition) is 3. The Morgan fingerprint density at radius 3 is 3.00 bits per heavy atom. The average molecular weight is 200 g/mol. The van der Waals surface area contributed by atoms with Gasteiger partial charge in [0.2, 0.25) is 0 Å². The molecule has 1 saturated heterocycles. The quantitative estimate of drug-likeness (QED) is 0.472. The van der Waals surface area contributed by atoms with Crippen LogP contribution in [0.15, 0.2) is 5.10 Å². The lowest BCUT2D eigenvalue weighted by Crippen LogP contribution is -2.39. The van der Waals surface area contributed by atoms with E-state index in [9.17, 15) is 0 Å². The monoisotopic (exact) mass is 200 g/mol. The first-order valence-corrected chi connectivity index (χ1v) is 4.81. The van der Waals surface area contributed by atoms with Gasteiger partial charge in [0.25, 0.3) is 0 Å². The Balaban J connectivity index is 2.45. The summed E-state index contributed by atoms with van der Waals surface area (Å²) in [6.07, 6.45) is 1.99. The number of nitrogens with two attached hydrogens (primary N) is 1. The molecule has 1 fully saturated rings. The minimum absolute atomic E-state index is 0.235. The summed E-state index contributed by atoms with van der Waals surface area (Å²) >= 11 is 4.67. The van der Waals surface area contributed by atoms with Crippen LogP contribution in [0.25, 0.3) is 0 Å². The van der Waals surface area contributed by atoms with Gasteiger partial charge < -0.3 is 10.6 Å². The van der Waals surface area contributed by atoms with Gasteiger partial charge in [0.05, 0.1) is 0 Å². The molecular formula is C8H16N4S. The Morgan fingerprint density at radius 1 is 1.77 bits per heavy atom. The van der Waals surface area contributed by atoms with E-state index in [1.165, 1.54) is 0 Å². The van der Waals surface area contributed by atoms with Gasteiger partial charge in [-0.15, -0.1) is 0 Å². The topological polar surface area (TPSA) is 53.6 Å². The molecule has 0 bridgehead atoms. The maximum absolute atomic E-state index is 5.27. The fraction of sp³-hybridized carbons (Fsp3) is 0.750. The molecule has 1 atom stereocenters. The summed E-state index contributed by atoms with van der Waals surface area (Å²) in [7, 11) is 2.13. The zero-order valence-corrected chi connectivity index (χ0v) is 8.90. The maximum Gasteiger partial charge on any atom is 0.184 e. The van der Waals surface area contributed by atoms with Gasteiger partial charge in [0, 0.05) is 31.1 Å². The minimum Gasteiger partial charge on any atom is -0.375 e. The van der Waals surface area contributed by atoms with Crippen LogP contribution in [0, 0.1) is 0 Å². The van der Waals surface area contributed by atoms with Crippen molar-refractivity contribution in [3.63, 3.8) is 0 Å². The average Bonchev–Trinajstić information content (AvgIpc) is 2.07. The summed E-state index contributed by atoms with van der Waals surface area (Å²) in [5.74, 6) is 0. The molecule has 1 heterocycles. The third-order valence-corrected chi connectivity index (χ3v) is 2.45. The smallest absolute Gasteiger partial charge is 0.184 e. The number of hydrazone groups is 1. The molecule has 0 aromatic carbocycles. The molecule has 0 radical (unpaired) electrons. The fourth-order valence-corrected chi connectivity index (χ4v) is 1.41. The van der Waals surface area contributed by atoms with Gasteiger partial charge in [0.15, 0.2) is 5.11 Å². The summed E-state index contributed by atoms with van der Waals surface area (Å²) in [5, 5.41) is 4.38. The molecule has 0 amide bonds. The largest absolute Gasteiger partial charge is 0.375 e. The Morgan fingerprint density at radius 2 is 2.46 bits per heavy atom. The molecule has 1 aliphatic heterocycles. The summed E-state index contributed by atoms with van der Waals surface area (Å²) in [5.41, 5.74) is 9.05. The van der Waals surface area contributed by atoms with Crippen molar-refractivity contribution in [2.45, 2.75) is 25.8 Å². The second-order valence-electron chi connectivity index (χ2n) is 3.44. The first-order chi connectivity index (χ1) is 6.09. The van der Waals surface area contributed by atoms with Crippen molar-refractivity contribution in [1.29, 1.82) is 0 Å². The minimum atomic E-state index is 0.235. The molecule has 1 aliphatic rings. The van der Waals surface area contributed by atoms with Gasteiger partial charge in [0.1, 0.15) is 0 Å². The van der Waals surface area contributed by atoms with Crippen molar-refractivity contribution >= 4 is 23.0 Å². The molecule has 0 aliphatic carbocycles.